The van der Waals surface area contributed by atoms with Gasteiger partial charge in [0, 0.05) is 0 Å². The van der Waals surface area contributed by atoms with Crippen LogP contribution in [-0.4, -0.2) is 0 Å². The average Bonchev–Trinajstić information content (AvgIpc) is 2.35. The molecule has 0 fully saturated rings. The second-order valence-corrected chi connectivity index (χ2v) is 4.32. The Hall–Kier alpha value is -1.04. The summed E-state index contributed by atoms with van der Waals surface area (Å²) < 4.78 is 0. The Balaban J connectivity index is 2.67. The molecular weight excluding hydrogens is 192 g/mol. The van der Waals surface area contributed by atoms with Gasteiger partial charge in [0.15, 0.2) is 0 Å². The van der Waals surface area contributed by atoms with Crippen LogP contribution in [0.4, 0.5) is 0 Å². The third-order valence-electron chi connectivity index (χ3n) is 3.18. The van der Waals surface area contributed by atoms with Gasteiger partial charge in [0.1, 0.15) is 0 Å². The van der Waals surface area contributed by atoms with E-state index in [1.54, 1.807) is 0 Å². The molecule has 0 N–H and O–H groups in total. The minimum absolute atomic E-state index is 0.689. The molecular formula is C16H24. The van der Waals surface area contributed by atoms with Gasteiger partial charge in [0.2, 0.25) is 0 Å². The molecule has 0 spiro atoms. The third-order valence-corrected chi connectivity index (χ3v) is 3.18. The van der Waals surface area contributed by atoms with Crippen LogP contribution in [0.1, 0.15) is 57.1 Å². The maximum atomic E-state index is 2.32. The highest BCUT2D eigenvalue weighted by atomic mass is 14.1. The molecule has 1 aromatic carbocycles. The van der Waals surface area contributed by atoms with Crippen LogP contribution >= 0.6 is 0 Å². The molecule has 1 unspecified atom stereocenters. The van der Waals surface area contributed by atoms with Crippen LogP contribution in [0.25, 0.3) is 0 Å². The molecule has 16 heavy (non-hydrogen) atoms. The van der Waals surface area contributed by atoms with Crippen molar-refractivity contribution < 1.29 is 0 Å². The molecule has 0 saturated heterocycles. The normalized spacial score (nSPS) is 13.2. The lowest BCUT2D eigenvalue weighted by Gasteiger charge is -2.13. The second-order valence-electron chi connectivity index (χ2n) is 4.32. The first-order valence-electron chi connectivity index (χ1n) is 6.55. The summed E-state index contributed by atoms with van der Waals surface area (Å²) >= 11 is 0. The van der Waals surface area contributed by atoms with Crippen LogP contribution < -0.4 is 0 Å². The Labute approximate surface area is 100 Å². The Morgan fingerprint density at radius 1 is 1.00 bits per heavy atom. The van der Waals surface area contributed by atoms with Gasteiger partial charge in [0.05, 0.1) is 0 Å². The van der Waals surface area contributed by atoms with Crippen molar-refractivity contribution in [2.75, 3.05) is 0 Å². The Bertz CT molecular complexity index is 305. The molecule has 0 saturated carbocycles. The van der Waals surface area contributed by atoms with E-state index in [0.29, 0.717) is 5.92 Å². The average molecular weight is 216 g/mol. The van der Waals surface area contributed by atoms with Crippen LogP contribution in [0, 0.1) is 0 Å². The van der Waals surface area contributed by atoms with E-state index < -0.39 is 0 Å². The summed E-state index contributed by atoms with van der Waals surface area (Å²) in [4.78, 5) is 0. The molecule has 0 bridgehead atoms. The van der Waals surface area contributed by atoms with Crippen LogP contribution in [-0.2, 0) is 6.42 Å². The van der Waals surface area contributed by atoms with Crippen molar-refractivity contribution in [2.24, 2.45) is 0 Å². The predicted molar refractivity (Wildman–Crippen MR) is 72.9 cm³/mol. The van der Waals surface area contributed by atoms with E-state index in [9.17, 15) is 0 Å². The van der Waals surface area contributed by atoms with Crippen molar-refractivity contribution in [1.29, 1.82) is 0 Å². The van der Waals surface area contributed by atoms with Gasteiger partial charge in [-0.05, 0) is 42.7 Å². The summed E-state index contributed by atoms with van der Waals surface area (Å²) in [6, 6.07) is 9.13. The summed E-state index contributed by atoms with van der Waals surface area (Å²) in [5.74, 6) is 0.689. The van der Waals surface area contributed by atoms with E-state index in [2.05, 4.69) is 57.2 Å². The Morgan fingerprint density at radius 2 is 1.69 bits per heavy atom. The standard InChI is InChI=1S/C16H24/c1-4-7-8-9-15(6-3)16-12-10-14(5-2)11-13-16/h7-8,10-13,15H,4-6,9H2,1-3H3/b8-7-. The monoisotopic (exact) mass is 216 g/mol. The smallest absolute Gasteiger partial charge is 0.0130 e. The molecule has 0 amide bonds. The highest BCUT2D eigenvalue weighted by Crippen LogP contribution is 2.24. The quantitative estimate of drug-likeness (QED) is 0.580. The van der Waals surface area contributed by atoms with Gasteiger partial charge in [-0.15, -0.1) is 0 Å². The van der Waals surface area contributed by atoms with Gasteiger partial charge >= 0.3 is 0 Å². The molecule has 1 rings (SSSR count). The maximum absolute atomic E-state index is 2.32. The zero-order valence-corrected chi connectivity index (χ0v) is 10.9. The number of hydrogen-bond donors (Lipinski definition) is 0. The number of benzene rings is 1. The number of hydrogen-bond acceptors (Lipinski definition) is 0. The van der Waals surface area contributed by atoms with Crippen molar-refractivity contribution >= 4 is 0 Å². The van der Waals surface area contributed by atoms with Gasteiger partial charge in [0.25, 0.3) is 0 Å². The highest BCUT2D eigenvalue weighted by Gasteiger charge is 2.06. The first-order valence-corrected chi connectivity index (χ1v) is 6.55. The van der Waals surface area contributed by atoms with Crippen LogP contribution in [0.2, 0.25) is 0 Å². The van der Waals surface area contributed by atoms with E-state index in [0.717, 1.165) is 12.8 Å². The summed E-state index contributed by atoms with van der Waals surface area (Å²) in [6.07, 6.45) is 9.26. The SMILES string of the molecule is CC/C=C\CC(CC)c1ccc(CC)cc1. The second kappa shape index (κ2) is 7.27. The maximum Gasteiger partial charge on any atom is -0.0130 e. The Morgan fingerprint density at radius 3 is 2.19 bits per heavy atom. The van der Waals surface area contributed by atoms with E-state index in [1.807, 2.05) is 0 Å². The van der Waals surface area contributed by atoms with Crippen LogP contribution in [0.3, 0.4) is 0 Å². The molecule has 0 radical (unpaired) electrons. The van der Waals surface area contributed by atoms with Crippen molar-refractivity contribution in [3.05, 3.63) is 47.5 Å². The molecule has 1 aromatic rings. The van der Waals surface area contributed by atoms with Gasteiger partial charge in [-0.25, -0.2) is 0 Å². The molecule has 0 aliphatic carbocycles. The van der Waals surface area contributed by atoms with E-state index in [-0.39, 0.29) is 0 Å². The zero-order valence-electron chi connectivity index (χ0n) is 10.9. The molecule has 0 nitrogen and oxygen atoms in total. The number of rotatable bonds is 6. The summed E-state index contributed by atoms with van der Waals surface area (Å²) in [5.41, 5.74) is 2.92. The fourth-order valence-corrected chi connectivity index (χ4v) is 1.99. The lowest BCUT2D eigenvalue weighted by molar-refractivity contribution is 0.673. The topological polar surface area (TPSA) is 0 Å². The molecule has 0 aliphatic rings. The lowest BCUT2D eigenvalue weighted by Crippen LogP contribution is -1.96. The molecule has 0 aromatic heterocycles. The third kappa shape index (κ3) is 3.84. The largest absolute Gasteiger partial charge is 0.0888 e. The highest BCUT2D eigenvalue weighted by molar-refractivity contribution is 5.25. The van der Waals surface area contributed by atoms with Gasteiger partial charge in [-0.1, -0.05) is 57.2 Å². The van der Waals surface area contributed by atoms with Gasteiger partial charge in [-0.2, -0.15) is 0 Å². The molecule has 0 heteroatoms. The summed E-state index contributed by atoms with van der Waals surface area (Å²) in [6.45, 7) is 6.67. The molecule has 1 atom stereocenters. The lowest BCUT2D eigenvalue weighted by atomic mass is 9.92. The molecule has 0 heterocycles. The fourth-order valence-electron chi connectivity index (χ4n) is 1.99. The van der Waals surface area contributed by atoms with E-state index in [4.69, 9.17) is 0 Å². The van der Waals surface area contributed by atoms with Crippen molar-refractivity contribution in [1.82, 2.24) is 0 Å². The zero-order chi connectivity index (χ0) is 11.8. The summed E-state index contributed by atoms with van der Waals surface area (Å²) in [7, 11) is 0. The predicted octanol–water partition coefficient (Wildman–Crippen LogP) is 5.10. The minimum atomic E-state index is 0.689. The number of allylic oxidation sites excluding steroid dienone is 2. The van der Waals surface area contributed by atoms with Gasteiger partial charge in [-0.3, -0.25) is 0 Å². The summed E-state index contributed by atoms with van der Waals surface area (Å²) in [5, 5.41) is 0. The molecule has 0 aliphatic heterocycles. The fraction of sp³-hybridized carbons (Fsp3) is 0.500. The van der Waals surface area contributed by atoms with Crippen LogP contribution in [0.5, 0.6) is 0 Å². The minimum Gasteiger partial charge on any atom is -0.0888 e. The van der Waals surface area contributed by atoms with E-state index >= 15 is 0 Å². The van der Waals surface area contributed by atoms with E-state index in [1.165, 1.54) is 24.0 Å². The van der Waals surface area contributed by atoms with Gasteiger partial charge < -0.3 is 0 Å². The van der Waals surface area contributed by atoms with Crippen molar-refractivity contribution in [3.8, 4) is 0 Å². The molecule has 88 valence electrons. The van der Waals surface area contributed by atoms with Crippen molar-refractivity contribution in [3.63, 3.8) is 0 Å². The first-order chi connectivity index (χ1) is 7.81. The Kier molecular flexibility index (Phi) is 5.92. The number of aryl methyl sites for hydroxylation is 1. The first kappa shape index (κ1) is 13.0. The van der Waals surface area contributed by atoms with Crippen molar-refractivity contribution in [2.45, 2.75) is 52.4 Å². The van der Waals surface area contributed by atoms with Crippen LogP contribution in [0.15, 0.2) is 36.4 Å².